The standard InChI is InChI=1S/C12H12N4O2S/c1-18-8-4-2-3-5-9(8)19-12-10(11(13)14)7(17)6-15-16-12/h2-6H,1H3,(H3,13,14)(H,16,17). The van der Waals surface area contributed by atoms with Gasteiger partial charge in [0, 0.05) is 0 Å². The van der Waals surface area contributed by atoms with Crippen LogP contribution in [0.4, 0.5) is 0 Å². The molecule has 0 aliphatic carbocycles. The number of hydrogen-bond acceptors (Lipinski definition) is 6. The highest BCUT2D eigenvalue weighted by Crippen LogP contribution is 2.36. The van der Waals surface area contributed by atoms with E-state index in [1.54, 1.807) is 7.11 Å². The fourth-order valence-electron chi connectivity index (χ4n) is 1.49. The van der Waals surface area contributed by atoms with Gasteiger partial charge < -0.3 is 15.6 Å². The van der Waals surface area contributed by atoms with E-state index in [0.717, 1.165) is 11.1 Å². The van der Waals surface area contributed by atoms with Gasteiger partial charge in [0.25, 0.3) is 0 Å². The van der Waals surface area contributed by atoms with E-state index in [1.807, 2.05) is 24.3 Å². The molecule has 98 valence electrons. The number of nitrogens with zero attached hydrogens (tertiary/aromatic N) is 2. The minimum Gasteiger partial charge on any atom is -0.505 e. The van der Waals surface area contributed by atoms with Crippen LogP contribution in [0.2, 0.25) is 0 Å². The van der Waals surface area contributed by atoms with E-state index in [9.17, 15) is 5.11 Å². The predicted molar refractivity (Wildman–Crippen MR) is 71.8 cm³/mol. The second-order valence-corrected chi connectivity index (χ2v) is 4.61. The van der Waals surface area contributed by atoms with Crippen molar-refractivity contribution in [3.63, 3.8) is 0 Å². The van der Waals surface area contributed by atoms with Crippen LogP contribution in [0.1, 0.15) is 5.56 Å². The molecule has 1 heterocycles. The van der Waals surface area contributed by atoms with E-state index in [4.69, 9.17) is 15.9 Å². The zero-order chi connectivity index (χ0) is 13.8. The maximum absolute atomic E-state index is 9.70. The highest BCUT2D eigenvalue weighted by atomic mass is 32.2. The molecule has 4 N–H and O–H groups in total. The molecule has 6 nitrogen and oxygen atoms in total. The Morgan fingerprint density at radius 2 is 2.16 bits per heavy atom. The molecule has 0 unspecified atom stereocenters. The lowest BCUT2D eigenvalue weighted by atomic mass is 10.3. The summed E-state index contributed by atoms with van der Waals surface area (Å²) in [7, 11) is 1.57. The monoisotopic (exact) mass is 276 g/mol. The van der Waals surface area contributed by atoms with Crippen molar-refractivity contribution >= 4 is 17.6 Å². The summed E-state index contributed by atoms with van der Waals surface area (Å²) in [6, 6.07) is 7.36. The van der Waals surface area contributed by atoms with Crippen LogP contribution in [0.3, 0.4) is 0 Å². The van der Waals surface area contributed by atoms with E-state index < -0.39 is 0 Å². The van der Waals surface area contributed by atoms with Gasteiger partial charge in [0.05, 0.1) is 23.8 Å². The van der Waals surface area contributed by atoms with E-state index in [-0.39, 0.29) is 17.1 Å². The minimum absolute atomic E-state index is 0.167. The number of ether oxygens (including phenoxy) is 1. The van der Waals surface area contributed by atoms with Crippen LogP contribution in [0.25, 0.3) is 0 Å². The molecule has 19 heavy (non-hydrogen) atoms. The predicted octanol–water partition coefficient (Wildman–Crippen LogP) is 1.63. The second-order valence-electron chi connectivity index (χ2n) is 3.58. The normalized spacial score (nSPS) is 10.2. The summed E-state index contributed by atoms with van der Waals surface area (Å²) >= 11 is 1.23. The number of nitrogens with two attached hydrogens (primary N) is 1. The molecule has 0 saturated carbocycles. The van der Waals surface area contributed by atoms with Crippen molar-refractivity contribution in [2.45, 2.75) is 9.92 Å². The maximum Gasteiger partial charge on any atom is 0.149 e. The Bertz CT molecular complexity index is 618. The van der Waals surface area contributed by atoms with Crippen molar-refractivity contribution in [3.05, 3.63) is 36.0 Å². The third-order valence-corrected chi connectivity index (χ3v) is 3.38. The number of amidine groups is 1. The van der Waals surface area contributed by atoms with Gasteiger partial charge in [-0.15, -0.1) is 5.10 Å². The van der Waals surface area contributed by atoms with Crippen LogP contribution >= 0.6 is 11.8 Å². The fourth-order valence-corrected chi connectivity index (χ4v) is 2.50. The molecule has 2 aromatic rings. The molecule has 1 aromatic carbocycles. The quantitative estimate of drug-likeness (QED) is 0.579. The first-order chi connectivity index (χ1) is 9.13. The summed E-state index contributed by atoms with van der Waals surface area (Å²) in [4.78, 5) is 0.799. The molecule has 0 fully saturated rings. The Labute approximate surface area is 114 Å². The summed E-state index contributed by atoms with van der Waals surface area (Å²) in [5.74, 6) is 0.247. The number of hydrogen-bond donors (Lipinski definition) is 3. The summed E-state index contributed by atoms with van der Waals surface area (Å²) in [6.45, 7) is 0. The molecule has 0 atom stereocenters. The Morgan fingerprint density at radius 1 is 1.42 bits per heavy atom. The maximum atomic E-state index is 9.70. The molecule has 0 saturated heterocycles. The largest absolute Gasteiger partial charge is 0.505 e. The zero-order valence-electron chi connectivity index (χ0n) is 10.1. The van der Waals surface area contributed by atoms with Crippen molar-refractivity contribution in [1.82, 2.24) is 10.2 Å². The van der Waals surface area contributed by atoms with Crippen LogP contribution in [0.5, 0.6) is 11.5 Å². The van der Waals surface area contributed by atoms with Gasteiger partial charge in [-0.25, -0.2) is 0 Å². The summed E-state index contributed by atoms with van der Waals surface area (Å²) in [6.07, 6.45) is 1.16. The van der Waals surface area contributed by atoms with E-state index >= 15 is 0 Å². The number of aromatic hydroxyl groups is 1. The van der Waals surface area contributed by atoms with Gasteiger partial charge in [-0.2, -0.15) is 5.10 Å². The first kappa shape index (κ1) is 13.2. The molecule has 1 aromatic heterocycles. The molecule has 0 aliphatic rings. The third kappa shape index (κ3) is 2.76. The van der Waals surface area contributed by atoms with E-state index in [2.05, 4.69) is 10.2 Å². The molecule has 0 spiro atoms. The highest BCUT2D eigenvalue weighted by molar-refractivity contribution is 7.99. The van der Waals surface area contributed by atoms with Crippen LogP contribution in [-0.2, 0) is 0 Å². The highest BCUT2D eigenvalue weighted by Gasteiger charge is 2.16. The van der Waals surface area contributed by atoms with Gasteiger partial charge in [-0.05, 0) is 12.1 Å². The first-order valence-electron chi connectivity index (χ1n) is 5.33. The molecule has 0 amide bonds. The number of aromatic nitrogens is 2. The summed E-state index contributed by atoms with van der Waals surface area (Å²) in [5, 5.41) is 25.1. The van der Waals surface area contributed by atoms with Crippen LogP contribution < -0.4 is 10.5 Å². The first-order valence-corrected chi connectivity index (χ1v) is 6.15. The average molecular weight is 276 g/mol. The minimum atomic E-state index is -0.259. The van der Waals surface area contributed by atoms with Gasteiger partial charge in [0.15, 0.2) is 0 Å². The van der Waals surface area contributed by atoms with Crippen LogP contribution in [0, 0.1) is 5.41 Å². The number of methoxy groups -OCH3 is 1. The van der Waals surface area contributed by atoms with E-state index in [1.165, 1.54) is 11.8 Å². The lowest BCUT2D eigenvalue weighted by Crippen LogP contribution is -2.13. The topological polar surface area (TPSA) is 105 Å². The van der Waals surface area contributed by atoms with E-state index in [0.29, 0.717) is 10.8 Å². The Morgan fingerprint density at radius 3 is 2.84 bits per heavy atom. The van der Waals surface area contributed by atoms with Crippen molar-refractivity contribution < 1.29 is 9.84 Å². The Hall–Kier alpha value is -2.28. The molecule has 7 heteroatoms. The van der Waals surface area contributed by atoms with Gasteiger partial charge in [0.1, 0.15) is 22.4 Å². The van der Waals surface area contributed by atoms with Crippen molar-refractivity contribution in [1.29, 1.82) is 5.41 Å². The van der Waals surface area contributed by atoms with Crippen LogP contribution in [0.15, 0.2) is 40.4 Å². The lowest BCUT2D eigenvalue weighted by molar-refractivity contribution is 0.405. The molecular weight excluding hydrogens is 264 g/mol. The Kier molecular flexibility index (Phi) is 3.86. The number of nitrogens with one attached hydrogen (secondary N) is 1. The zero-order valence-corrected chi connectivity index (χ0v) is 10.9. The SMILES string of the molecule is COc1ccccc1Sc1nncc(O)c1C(=N)N. The van der Waals surface area contributed by atoms with Gasteiger partial charge >= 0.3 is 0 Å². The number of para-hydroxylation sites is 1. The lowest BCUT2D eigenvalue weighted by Gasteiger charge is -2.10. The van der Waals surface area contributed by atoms with Crippen LogP contribution in [-0.4, -0.2) is 28.2 Å². The summed E-state index contributed by atoms with van der Waals surface area (Å²) in [5.41, 5.74) is 5.62. The molecule has 2 rings (SSSR count). The molecule has 0 aliphatic heterocycles. The molecule has 0 bridgehead atoms. The van der Waals surface area contributed by atoms with Gasteiger partial charge in [0.2, 0.25) is 0 Å². The van der Waals surface area contributed by atoms with Gasteiger partial charge in [-0.1, -0.05) is 23.9 Å². The number of nitrogen functional groups attached to an aromatic ring is 1. The third-order valence-electron chi connectivity index (χ3n) is 2.34. The van der Waals surface area contributed by atoms with Crippen molar-refractivity contribution in [2.75, 3.05) is 7.11 Å². The van der Waals surface area contributed by atoms with Crippen molar-refractivity contribution in [3.8, 4) is 11.5 Å². The number of rotatable bonds is 4. The fraction of sp³-hybridized carbons (Fsp3) is 0.0833. The smallest absolute Gasteiger partial charge is 0.149 e. The molecule has 0 radical (unpaired) electrons. The average Bonchev–Trinajstić information content (AvgIpc) is 2.39. The second kappa shape index (κ2) is 5.57. The molecular formula is C12H12N4O2S. The Balaban J connectivity index is 2.44. The van der Waals surface area contributed by atoms with Crippen molar-refractivity contribution in [2.24, 2.45) is 5.73 Å². The van der Waals surface area contributed by atoms with Gasteiger partial charge in [-0.3, -0.25) is 5.41 Å². The summed E-state index contributed by atoms with van der Waals surface area (Å²) < 4.78 is 5.23. The number of benzene rings is 1.